The monoisotopic (exact) mass is 236 g/mol. The summed E-state index contributed by atoms with van der Waals surface area (Å²) in [5.41, 5.74) is 1.60. The summed E-state index contributed by atoms with van der Waals surface area (Å²) in [7, 11) is -0.711. The fourth-order valence-corrected chi connectivity index (χ4v) is 21.6. The standard InChI is InChI=1S/C7H17BrSi2/c1-9(2)5-4-6-10(3,8)7-9/h4-7H2,1-3H3. The van der Waals surface area contributed by atoms with Gasteiger partial charge in [-0.25, -0.2) is 0 Å². The molecule has 1 aliphatic heterocycles. The minimum absolute atomic E-state index is 0.711. The van der Waals surface area contributed by atoms with Crippen molar-refractivity contribution < 1.29 is 0 Å². The number of hydrogen-bond donors (Lipinski definition) is 0. The van der Waals surface area contributed by atoms with Crippen molar-refractivity contribution >= 4 is 30.1 Å². The summed E-state index contributed by atoms with van der Waals surface area (Å²) in [6, 6.07) is 3.09. The molecule has 1 fully saturated rings. The van der Waals surface area contributed by atoms with Crippen molar-refractivity contribution in [1.82, 2.24) is 0 Å². The van der Waals surface area contributed by atoms with E-state index >= 15 is 0 Å². The molecule has 0 nitrogen and oxygen atoms in total. The average molecular weight is 237 g/mol. The van der Waals surface area contributed by atoms with Gasteiger partial charge in [0.1, 0.15) is 6.69 Å². The highest BCUT2D eigenvalue weighted by Gasteiger charge is 2.37. The molecule has 0 amide bonds. The van der Waals surface area contributed by atoms with Gasteiger partial charge in [-0.1, -0.05) is 37.8 Å². The first-order valence-electron chi connectivity index (χ1n) is 4.10. The Morgan fingerprint density at radius 1 is 1.10 bits per heavy atom. The van der Waals surface area contributed by atoms with E-state index in [1.54, 1.807) is 11.7 Å². The molecule has 1 aliphatic rings. The number of halogens is 1. The molecule has 0 N–H and O–H groups in total. The molecule has 0 aromatic carbocycles. The molecule has 0 aromatic rings. The van der Waals surface area contributed by atoms with Gasteiger partial charge in [-0.2, -0.15) is 0 Å². The molecule has 1 heterocycles. The fraction of sp³-hybridized carbons (Fsp3) is 1.00. The molecule has 0 aliphatic carbocycles. The van der Waals surface area contributed by atoms with Gasteiger partial charge in [0, 0.05) is 8.07 Å². The van der Waals surface area contributed by atoms with Crippen molar-refractivity contribution in [2.24, 2.45) is 0 Å². The zero-order valence-corrected chi connectivity index (χ0v) is 10.8. The van der Waals surface area contributed by atoms with Gasteiger partial charge in [0.15, 0.2) is 0 Å². The zero-order chi connectivity index (χ0) is 7.83. The fourth-order valence-electron chi connectivity index (χ4n) is 2.11. The predicted molar refractivity (Wildman–Crippen MR) is 57.1 cm³/mol. The van der Waals surface area contributed by atoms with Crippen LogP contribution >= 0.6 is 15.3 Å². The second-order valence-corrected chi connectivity index (χ2v) is 19.9. The SMILES string of the molecule is C[Si]1(C)CCC[Si](C)(Br)C1. The summed E-state index contributed by atoms with van der Waals surface area (Å²) in [5, 5.41) is 0. The molecule has 1 atom stereocenters. The Morgan fingerprint density at radius 2 is 1.70 bits per heavy atom. The quantitative estimate of drug-likeness (QED) is 0.446. The van der Waals surface area contributed by atoms with E-state index in [-0.39, 0.29) is 0 Å². The lowest BCUT2D eigenvalue weighted by molar-refractivity contribution is 0.991. The summed E-state index contributed by atoms with van der Waals surface area (Å²) in [6.07, 6.45) is 1.51. The van der Waals surface area contributed by atoms with Gasteiger partial charge in [-0.3, -0.25) is 0 Å². The third-order valence-corrected chi connectivity index (χ3v) is 16.0. The molecular weight excluding hydrogens is 220 g/mol. The molecule has 3 heteroatoms. The van der Waals surface area contributed by atoms with Gasteiger partial charge in [-0.15, -0.1) is 15.3 Å². The lowest BCUT2D eigenvalue weighted by Crippen LogP contribution is -2.41. The van der Waals surface area contributed by atoms with Crippen molar-refractivity contribution in [3.05, 3.63) is 0 Å². The van der Waals surface area contributed by atoms with Crippen LogP contribution in [0.3, 0.4) is 0 Å². The van der Waals surface area contributed by atoms with Crippen LogP contribution in [0.25, 0.3) is 0 Å². The smallest absolute Gasteiger partial charge is 0.124 e. The van der Waals surface area contributed by atoms with E-state index in [1.807, 2.05) is 0 Å². The van der Waals surface area contributed by atoms with E-state index < -0.39 is 14.8 Å². The Kier molecular flexibility index (Phi) is 2.48. The number of rotatable bonds is 0. The molecule has 1 unspecified atom stereocenters. The Bertz CT molecular complexity index is 118. The van der Waals surface area contributed by atoms with Crippen molar-refractivity contribution in [3.63, 3.8) is 0 Å². The Morgan fingerprint density at radius 3 is 2.00 bits per heavy atom. The minimum atomic E-state index is -0.852. The lowest BCUT2D eigenvalue weighted by Gasteiger charge is -2.36. The van der Waals surface area contributed by atoms with Crippen LogP contribution in [0, 0.1) is 0 Å². The third-order valence-electron chi connectivity index (χ3n) is 2.40. The van der Waals surface area contributed by atoms with Crippen molar-refractivity contribution in [2.75, 3.05) is 0 Å². The molecule has 0 spiro atoms. The summed E-state index contributed by atoms with van der Waals surface area (Å²) in [5.74, 6) is 0. The first-order chi connectivity index (χ1) is 4.41. The molecule has 1 saturated heterocycles. The van der Waals surface area contributed by atoms with E-state index in [9.17, 15) is 0 Å². The van der Waals surface area contributed by atoms with Gasteiger partial charge in [0.2, 0.25) is 0 Å². The van der Waals surface area contributed by atoms with Crippen LogP contribution in [0.15, 0.2) is 0 Å². The van der Waals surface area contributed by atoms with Crippen molar-refractivity contribution in [1.29, 1.82) is 0 Å². The van der Waals surface area contributed by atoms with E-state index in [4.69, 9.17) is 0 Å². The molecule has 0 saturated carbocycles. The molecule has 60 valence electrons. The molecule has 0 radical (unpaired) electrons. The van der Waals surface area contributed by atoms with Crippen molar-refractivity contribution in [3.8, 4) is 0 Å². The van der Waals surface area contributed by atoms with Gasteiger partial charge in [0.05, 0.1) is 0 Å². The maximum absolute atomic E-state index is 3.94. The van der Waals surface area contributed by atoms with Gasteiger partial charge < -0.3 is 0 Å². The van der Waals surface area contributed by atoms with Crippen LogP contribution in [0.4, 0.5) is 0 Å². The Labute approximate surface area is 74.0 Å². The molecule has 0 aromatic heterocycles. The van der Waals surface area contributed by atoms with E-state index in [0.717, 1.165) is 0 Å². The highest BCUT2D eigenvalue weighted by molar-refractivity contribution is 9.26. The second kappa shape index (κ2) is 2.75. The lowest BCUT2D eigenvalue weighted by atomic mass is 10.6. The van der Waals surface area contributed by atoms with Gasteiger partial charge in [0.25, 0.3) is 0 Å². The molecule has 1 rings (SSSR count). The normalized spacial score (nSPS) is 39.6. The van der Waals surface area contributed by atoms with Crippen LogP contribution < -0.4 is 0 Å². The van der Waals surface area contributed by atoms with Gasteiger partial charge >= 0.3 is 0 Å². The van der Waals surface area contributed by atoms with E-state index in [1.165, 1.54) is 12.5 Å². The molecule has 0 bridgehead atoms. The van der Waals surface area contributed by atoms with Gasteiger partial charge in [-0.05, 0) is 6.04 Å². The highest BCUT2D eigenvalue weighted by atomic mass is 79.9. The summed E-state index contributed by atoms with van der Waals surface area (Å²) in [4.78, 5) is 0. The maximum Gasteiger partial charge on any atom is 0.124 e. The molecule has 10 heavy (non-hydrogen) atoms. The van der Waals surface area contributed by atoms with Crippen LogP contribution in [0.1, 0.15) is 6.42 Å². The maximum atomic E-state index is 3.94. The van der Waals surface area contributed by atoms with Crippen LogP contribution in [-0.4, -0.2) is 14.8 Å². The Balaban J connectivity index is 2.56. The van der Waals surface area contributed by atoms with Crippen LogP contribution in [0.2, 0.25) is 37.4 Å². The first-order valence-corrected chi connectivity index (χ1v) is 12.7. The summed E-state index contributed by atoms with van der Waals surface area (Å²) < 4.78 is 0. The topological polar surface area (TPSA) is 0 Å². The highest BCUT2D eigenvalue weighted by Crippen LogP contribution is 2.38. The first kappa shape index (κ1) is 9.01. The zero-order valence-electron chi connectivity index (χ0n) is 7.21. The predicted octanol–water partition coefficient (Wildman–Crippen LogP) is 3.61. The van der Waals surface area contributed by atoms with E-state index in [0.29, 0.717) is 0 Å². The van der Waals surface area contributed by atoms with Crippen LogP contribution in [0.5, 0.6) is 0 Å². The largest absolute Gasteiger partial charge is 0.127 e. The Hall–Kier alpha value is 0.914. The second-order valence-electron chi connectivity index (χ2n) is 4.61. The average Bonchev–Trinajstić information content (AvgIpc) is 1.56. The minimum Gasteiger partial charge on any atom is -0.127 e. The summed E-state index contributed by atoms with van der Waals surface area (Å²) in [6.45, 7) is 6.72. The third kappa shape index (κ3) is 2.51. The number of hydrogen-bond acceptors (Lipinski definition) is 0. The summed E-state index contributed by atoms with van der Waals surface area (Å²) >= 11 is 3.94. The molecular formula is C7H17BrSi2. The van der Waals surface area contributed by atoms with Crippen molar-refractivity contribution in [2.45, 2.75) is 43.8 Å². The van der Waals surface area contributed by atoms with Crippen LogP contribution in [-0.2, 0) is 0 Å². The van der Waals surface area contributed by atoms with E-state index in [2.05, 4.69) is 34.9 Å².